The molecule has 1 saturated heterocycles. The maximum atomic E-state index is 2.45. The van der Waals surface area contributed by atoms with Gasteiger partial charge in [0.1, 0.15) is 0 Å². The van der Waals surface area contributed by atoms with Gasteiger partial charge < -0.3 is 4.90 Å². The van der Waals surface area contributed by atoms with Crippen LogP contribution in [-0.4, -0.2) is 13.1 Å². The number of anilines is 1. The topological polar surface area (TPSA) is 3.24 Å². The lowest BCUT2D eigenvalue weighted by Crippen LogP contribution is -2.45. The first-order valence-electron chi connectivity index (χ1n) is 5.13. The van der Waals surface area contributed by atoms with Crippen molar-refractivity contribution in [3.63, 3.8) is 0 Å². The van der Waals surface area contributed by atoms with E-state index in [4.69, 9.17) is 0 Å². The lowest BCUT2D eigenvalue weighted by atomic mass is 10.0. The van der Waals surface area contributed by atoms with Gasteiger partial charge in [0.15, 0.2) is 0 Å². The molecule has 0 aromatic heterocycles. The Labute approximate surface area is 80.4 Å². The third kappa shape index (κ3) is 1.69. The molecule has 1 aliphatic heterocycles. The van der Waals surface area contributed by atoms with Crippen LogP contribution in [0.5, 0.6) is 0 Å². The molecule has 0 bridgehead atoms. The van der Waals surface area contributed by atoms with E-state index in [0.29, 0.717) is 0 Å². The summed E-state index contributed by atoms with van der Waals surface area (Å²) in [4.78, 5) is 2.45. The highest BCUT2D eigenvalue weighted by atomic mass is 15.2. The Morgan fingerprint density at radius 1 is 1.38 bits per heavy atom. The van der Waals surface area contributed by atoms with Gasteiger partial charge in [0.2, 0.25) is 0 Å². The molecule has 0 spiro atoms. The van der Waals surface area contributed by atoms with E-state index in [1.54, 1.807) is 0 Å². The molecule has 1 aliphatic rings. The molecule has 0 N–H and O–H groups in total. The summed E-state index contributed by atoms with van der Waals surface area (Å²) in [5.41, 5.74) is 2.84. The molecule has 2 rings (SSSR count). The summed E-state index contributed by atoms with van der Waals surface area (Å²) in [5.74, 6) is 0.880. The van der Waals surface area contributed by atoms with Gasteiger partial charge in [0, 0.05) is 18.8 Å². The Balaban J connectivity index is 2.12. The van der Waals surface area contributed by atoms with Crippen LogP contribution in [-0.2, 0) is 6.42 Å². The lowest BCUT2D eigenvalue weighted by Gasteiger charge is -2.39. The summed E-state index contributed by atoms with van der Waals surface area (Å²) in [5, 5.41) is 0. The third-order valence-corrected chi connectivity index (χ3v) is 2.75. The van der Waals surface area contributed by atoms with Crippen LogP contribution in [0.4, 0.5) is 5.69 Å². The molecule has 1 aromatic carbocycles. The Hall–Kier alpha value is -0.980. The Morgan fingerprint density at radius 2 is 2.15 bits per heavy atom. The number of hydrogen-bond acceptors (Lipinski definition) is 1. The average molecular weight is 175 g/mol. The van der Waals surface area contributed by atoms with Gasteiger partial charge in [-0.1, -0.05) is 26.0 Å². The summed E-state index contributed by atoms with van der Waals surface area (Å²) in [6, 6.07) is 8.89. The van der Waals surface area contributed by atoms with E-state index in [1.165, 1.54) is 24.3 Å². The number of hydrogen-bond donors (Lipinski definition) is 0. The van der Waals surface area contributed by atoms with Crippen LogP contribution >= 0.6 is 0 Å². The van der Waals surface area contributed by atoms with Gasteiger partial charge in [-0.2, -0.15) is 0 Å². The smallest absolute Gasteiger partial charge is 0.0369 e. The number of nitrogens with zero attached hydrogens (tertiary/aromatic N) is 1. The molecular weight excluding hydrogens is 158 g/mol. The van der Waals surface area contributed by atoms with Crippen LogP contribution in [0.1, 0.15) is 19.4 Å². The van der Waals surface area contributed by atoms with Gasteiger partial charge in [-0.3, -0.25) is 0 Å². The first-order valence-corrected chi connectivity index (χ1v) is 5.13. The fourth-order valence-corrected chi connectivity index (χ4v) is 1.88. The molecule has 0 saturated carbocycles. The molecule has 0 radical (unpaired) electrons. The molecule has 0 atom stereocenters. The molecule has 1 fully saturated rings. The normalized spacial score (nSPS) is 17.2. The Morgan fingerprint density at radius 3 is 2.77 bits per heavy atom. The Kier molecular flexibility index (Phi) is 2.26. The Bertz CT molecular complexity index is 287. The molecule has 1 heteroatoms. The lowest BCUT2D eigenvalue weighted by molar-refractivity contribution is 0.447. The highest BCUT2D eigenvalue weighted by Gasteiger charge is 2.22. The average Bonchev–Trinajstić information content (AvgIpc) is 2.13. The van der Waals surface area contributed by atoms with Crippen molar-refractivity contribution in [1.82, 2.24) is 0 Å². The standard InChI is InChI=1S/C12H17N/c1-3-11-5-4-6-12(7-11)13-8-10(2)9-13/h4-7,10H,3,8-9H2,1-2H3. The fraction of sp³-hybridized carbons (Fsp3) is 0.500. The second kappa shape index (κ2) is 3.41. The molecule has 70 valence electrons. The number of benzene rings is 1. The molecule has 0 amide bonds. The van der Waals surface area contributed by atoms with Crippen LogP contribution in [0.25, 0.3) is 0 Å². The van der Waals surface area contributed by atoms with Gasteiger partial charge in [-0.15, -0.1) is 0 Å². The van der Waals surface area contributed by atoms with E-state index >= 15 is 0 Å². The van der Waals surface area contributed by atoms with Crippen molar-refractivity contribution in [1.29, 1.82) is 0 Å². The largest absolute Gasteiger partial charge is 0.371 e. The summed E-state index contributed by atoms with van der Waals surface area (Å²) in [6.45, 7) is 6.97. The van der Waals surface area contributed by atoms with E-state index in [0.717, 1.165) is 12.3 Å². The minimum absolute atomic E-state index is 0.880. The predicted octanol–water partition coefficient (Wildman–Crippen LogP) is 2.71. The predicted molar refractivity (Wildman–Crippen MR) is 57.2 cm³/mol. The highest BCUT2D eigenvalue weighted by molar-refractivity contribution is 5.50. The van der Waals surface area contributed by atoms with E-state index in [-0.39, 0.29) is 0 Å². The summed E-state index contributed by atoms with van der Waals surface area (Å²) < 4.78 is 0. The van der Waals surface area contributed by atoms with Crippen LogP contribution in [0.15, 0.2) is 24.3 Å². The minimum Gasteiger partial charge on any atom is -0.371 e. The van der Waals surface area contributed by atoms with Gasteiger partial charge in [-0.05, 0) is 30.0 Å². The molecule has 1 aromatic rings. The zero-order valence-corrected chi connectivity index (χ0v) is 8.46. The van der Waals surface area contributed by atoms with Gasteiger partial charge in [-0.25, -0.2) is 0 Å². The van der Waals surface area contributed by atoms with Crippen LogP contribution in [0.2, 0.25) is 0 Å². The second-order valence-corrected chi connectivity index (χ2v) is 4.03. The van der Waals surface area contributed by atoms with Crippen molar-refractivity contribution in [3.05, 3.63) is 29.8 Å². The van der Waals surface area contributed by atoms with Crippen molar-refractivity contribution >= 4 is 5.69 Å². The maximum absolute atomic E-state index is 2.45. The molecule has 13 heavy (non-hydrogen) atoms. The van der Waals surface area contributed by atoms with Gasteiger partial charge in [0.25, 0.3) is 0 Å². The first kappa shape index (κ1) is 8.61. The van der Waals surface area contributed by atoms with Gasteiger partial charge in [0.05, 0.1) is 0 Å². The fourth-order valence-electron chi connectivity index (χ4n) is 1.88. The van der Waals surface area contributed by atoms with E-state index in [1.807, 2.05) is 0 Å². The quantitative estimate of drug-likeness (QED) is 0.668. The van der Waals surface area contributed by atoms with Crippen molar-refractivity contribution < 1.29 is 0 Å². The van der Waals surface area contributed by atoms with Crippen LogP contribution in [0, 0.1) is 5.92 Å². The molecular formula is C12H17N. The summed E-state index contributed by atoms with van der Waals surface area (Å²) in [6.07, 6.45) is 1.14. The molecule has 1 heterocycles. The number of rotatable bonds is 2. The van der Waals surface area contributed by atoms with Crippen LogP contribution in [0.3, 0.4) is 0 Å². The van der Waals surface area contributed by atoms with Gasteiger partial charge >= 0.3 is 0 Å². The molecule has 0 aliphatic carbocycles. The summed E-state index contributed by atoms with van der Waals surface area (Å²) >= 11 is 0. The SMILES string of the molecule is CCc1cccc(N2CC(C)C2)c1. The van der Waals surface area contributed by atoms with E-state index in [9.17, 15) is 0 Å². The second-order valence-electron chi connectivity index (χ2n) is 4.03. The third-order valence-electron chi connectivity index (χ3n) is 2.75. The zero-order valence-electron chi connectivity index (χ0n) is 8.46. The van der Waals surface area contributed by atoms with Crippen molar-refractivity contribution in [2.45, 2.75) is 20.3 Å². The van der Waals surface area contributed by atoms with E-state index in [2.05, 4.69) is 43.0 Å². The van der Waals surface area contributed by atoms with Crippen molar-refractivity contribution in [2.75, 3.05) is 18.0 Å². The maximum Gasteiger partial charge on any atom is 0.0369 e. The van der Waals surface area contributed by atoms with E-state index < -0.39 is 0 Å². The molecule has 1 nitrogen and oxygen atoms in total. The molecule has 0 unspecified atom stereocenters. The monoisotopic (exact) mass is 175 g/mol. The first-order chi connectivity index (χ1) is 6.29. The zero-order chi connectivity index (χ0) is 9.26. The number of aryl methyl sites for hydroxylation is 1. The van der Waals surface area contributed by atoms with Crippen molar-refractivity contribution in [3.8, 4) is 0 Å². The minimum atomic E-state index is 0.880. The highest BCUT2D eigenvalue weighted by Crippen LogP contribution is 2.24. The summed E-state index contributed by atoms with van der Waals surface area (Å²) in [7, 11) is 0. The van der Waals surface area contributed by atoms with Crippen LogP contribution < -0.4 is 4.90 Å². The van der Waals surface area contributed by atoms with Crippen molar-refractivity contribution in [2.24, 2.45) is 5.92 Å².